The second-order valence-electron chi connectivity index (χ2n) is 4.49. The number of aryl methyl sites for hydroxylation is 2. The highest BCUT2D eigenvalue weighted by atomic mass is 32.1. The Morgan fingerprint density at radius 2 is 2.11 bits per heavy atom. The molecule has 0 fully saturated rings. The molecule has 2 rings (SSSR count). The number of hydrogen-bond donors (Lipinski definition) is 1. The smallest absolute Gasteiger partial charge is 0.123 e. The average Bonchev–Trinajstić information content (AvgIpc) is 2.77. The molecule has 1 aromatic heterocycles. The fourth-order valence-corrected chi connectivity index (χ4v) is 2.99. The van der Waals surface area contributed by atoms with Crippen molar-refractivity contribution >= 4 is 11.3 Å². The van der Waals surface area contributed by atoms with Gasteiger partial charge in [0.05, 0.1) is 12.8 Å². The van der Waals surface area contributed by atoms with Gasteiger partial charge in [0.2, 0.25) is 0 Å². The molecule has 4 heteroatoms. The van der Waals surface area contributed by atoms with Crippen molar-refractivity contribution in [3.63, 3.8) is 0 Å². The minimum absolute atomic E-state index is 0.898. The zero-order valence-electron chi connectivity index (χ0n) is 11.9. The summed E-state index contributed by atoms with van der Waals surface area (Å²) in [4.78, 5) is 5.98. The minimum Gasteiger partial charge on any atom is -0.496 e. The summed E-state index contributed by atoms with van der Waals surface area (Å²) in [6.07, 6.45) is 0. The van der Waals surface area contributed by atoms with E-state index in [-0.39, 0.29) is 0 Å². The number of hydrogen-bond acceptors (Lipinski definition) is 4. The first kappa shape index (κ1) is 14.0. The molecule has 0 bridgehead atoms. The third kappa shape index (κ3) is 3.14. The van der Waals surface area contributed by atoms with E-state index < -0.39 is 0 Å². The summed E-state index contributed by atoms with van der Waals surface area (Å²) in [5, 5.41) is 4.43. The highest BCUT2D eigenvalue weighted by Gasteiger charge is 2.10. The lowest BCUT2D eigenvalue weighted by Gasteiger charge is -2.05. The maximum absolute atomic E-state index is 5.29. The number of ether oxygens (including phenoxy) is 1. The van der Waals surface area contributed by atoms with Gasteiger partial charge in [0.1, 0.15) is 10.8 Å². The molecular weight excluding hydrogens is 256 g/mol. The summed E-state index contributed by atoms with van der Waals surface area (Å²) in [7, 11) is 1.70. The van der Waals surface area contributed by atoms with E-state index in [1.165, 1.54) is 4.88 Å². The zero-order chi connectivity index (χ0) is 13.8. The fourth-order valence-electron chi connectivity index (χ4n) is 1.97. The number of nitrogens with one attached hydrogen (secondary N) is 1. The number of aromatic nitrogens is 1. The second kappa shape index (κ2) is 6.17. The highest BCUT2D eigenvalue weighted by molar-refractivity contribution is 7.15. The van der Waals surface area contributed by atoms with Crippen LogP contribution in [0.4, 0.5) is 0 Å². The van der Waals surface area contributed by atoms with Crippen LogP contribution in [0.25, 0.3) is 10.6 Å². The van der Waals surface area contributed by atoms with E-state index in [1.54, 1.807) is 18.4 Å². The maximum atomic E-state index is 5.29. The number of rotatable bonds is 5. The predicted octanol–water partition coefficient (Wildman–Crippen LogP) is 3.55. The summed E-state index contributed by atoms with van der Waals surface area (Å²) in [6, 6.07) is 6.21. The molecule has 0 aliphatic rings. The van der Waals surface area contributed by atoms with Crippen LogP contribution in [0.2, 0.25) is 0 Å². The van der Waals surface area contributed by atoms with Gasteiger partial charge >= 0.3 is 0 Å². The molecule has 0 radical (unpaired) electrons. The largest absolute Gasteiger partial charge is 0.496 e. The number of thiazole rings is 1. The van der Waals surface area contributed by atoms with Gasteiger partial charge in [-0.05, 0) is 44.2 Å². The molecular formula is C15H20N2OS. The normalized spacial score (nSPS) is 10.7. The molecule has 1 heterocycles. The Kier molecular flexibility index (Phi) is 4.56. The van der Waals surface area contributed by atoms with Crippen LogP contribution < -0.4 is 10.1 Å². The SMILES string of the molecule is CCNCc1sc(-c2ccc(OC)c(C)c2)nc1C. The minimum atomic E-state index is 0.898. The number of methoxy groups -OCH3 is 1. The van der Waals surface area contributed by atoms with Crippen molar-refractivity contribution < 1.29 is 4.74 Å². The molecule has 0 aliphatic carbocycles. The molecule has 102 valence electrons. The van der Waals surface area contributed by atoms with E-state index in [0.717, 1.165) is 40.7 Å². The Hall–Kier alpha value is -1.39. The Bertz CT molecular complexity index is 563. The Balaban J connectivity index is 2.29. The van der Waals surface area contributed by atoms with Crippen LogP contribution in [0.15, 0.2) is 18.2 Å². The lowest BCUT2D eigenvalue weighted by Crippen LogP contribution is -2.11. The third-order valence-corrected chi connectivity index (χ3v) is 4.28. The Morgan fingerprint density at radius 3 is 2.74 bits per heavy atom. The van der Waals surface area contributed by atoms with Gasteiger partial charge in [-0.25, -0.2) is 4.98 Å². The van der Waals surface area contributed by atoms with Crippen LogP contribution in [-0.2, 0) is 6.54 Å². The van der Waals surface area contributed by atoms with Crippen molar-refractivity contribution in [2.24, 2.45) is 0 Å². The summed E-state index contributed by atoms with van der Waals surface area (Å²) < 4.78 is 5.29. The Morgan fingerprint density at radius 1 is 1.32 bits per heavy atom. The van der Waals surface area contributed by atoms with Crippen LogP contribution in [0.3, 0.4) is 0 Å². The fraction of sp³-hybridized carbons (Fsp3) is 0.400. The van der Waals surface area contributed by atoms with Crippen molar-refractivity contribution in [3.05, 3.63) is 34.3 Å². The van der Waals surface area contributed by atoms with Crippen LogP contribution in [0.5, 0.6) is 5.75 Å². The summed E-state index contributed by atoms with van der Waals surface area (Å²) in [5.41, 5.74) is 3.42. The second-order valence-corrected chi connectivity index (χ2v) is 5.58. The van der Waals surface area contributed by atoms with Gasteiger partial charge < -0.3 is 10.1 Å². The van der Waals surface area contributed by atoms with Crippen LogP contribution in [0, 0.1) is 13.8 Å². The van der Waals surface area contributed by atoms with Gasteiger partial charge in [0.25, 0.3) is 0 Å². The van der Waals surface area contributed by atoms with Gasteiger partial charge in [-0.15, -0.1) is 11.3 Å². The molecule has 0 saturated carbocycles. The van der Waals surface area contributed by atoms with Crippen molar-refractivity contribution in [1.29, 1.82) is 0 Å². The van der Waals surface area contributed by atoms with E-state index >= 15 is 0 Å². The molecule has 0 saturated heterocycles. The Labute approximate surface area is 118 Å². The molecule has 2 aromatic rings. The quantitative estimate of drug-likeness (QED) is 0.907. The van der Waals surface area contributed by atoms with Crippen LogP contribution in [-0.4, -0.2) is 18.6 Å². The molecule has 0 amide bonds. The summed E-state index contributed by atoms with van der Waals surface area (Å²) >= 11 is 1.76. The standard InChI is InChI=1S/C15H20N2OS/c1-5-16-9-14-11(3)17-15(19-14)12-6-7-13(18-4)10(2)8-12/h6-8,16H,5,9H2,1-4H3. The molecule has 1 aromatic carbocycles. The van der Waals surface area contributed by atoms with Crippen molar-refractivity contribution in [2.45, 2.75) is 27.3 Å². The topological polar surface area (TPSA) is 34.1 Å². The monoisotopic (exact) mass is 276 g/mol. The van der Waals surface area contributed by atoms with Crippen LogP contribution >= 0.6 is 11.3 Å². The average molecular weight is 276 g/mol. The molecule has 0 aliphatic heterocycles. The van der Waals surface area contributed by atoms with Crippen molar-refractivity contribution in [2.75, 3.05) is 13.7 Å². The van der Waals surface area contributed by atoms with Crippen molar-refractivity contribution in [1.82, 2.24) is 10.3 Å². The lowest BCUT2D eigenvalue weighted by molar-refractivity contribution is 0.412. The summed E-state index contributed by atoms with van der Waals surface area (Å²) in [6.45, 7) is 8.12. The number of nitrogens with zero attached hydrogens (tertiary/aromatic N) is 1. The van der Waals surface area contributed by atoms with Crippen LogP contribution in [0.1, 0.15) is 23.1 Å². The first-order chi connectivity index (χ1) is 9.15. The van der Waals surface area contributed by atoms with Crippen molar-refractivity contribution in [3.8, 4) is 16.3 Å². The van der Waals surface area contributed by atoms with Gasteiger partial charge in [-0.3, -0.25) is 0 Å². The lowest BCUT2D eigenvalue weighted by atomic mass is 10.1. The van der Waals surface area contributed by atoms with E-state index in [1.807, 2.05) is 6.07 Å². The molecule has 0 atom stereocenters. The van der Waals surface area contributed by atoms with Gasteiger partial charge in [-0.2, -0.15) is 0 Å². The molecule has 1 N–H and O–H groups in total. The van der Waals surface area contributed by atoms with E-state index in [9.17, 15) is 0 Å². The predicted molar refractivity (Wildman–Crippen MR) is 81.0 cm³/mol. The molecule has 19 heavy (non-hydrogen) atoms. The molecule has 0 spiro atoms. The summed E-state index contributed by atoms with van der Waals surface area (Å²) in [5.74, 6) is 0.921. The van der Waals surface area contributed by atoms with E-state index in [2.05, 4.69) is 43.2 Å². The third-order valence-electron chi connectivity index (χ3n) is 3.07. The zero-order valence-corrected chi connectivity index (χ0v) is 12.7. The molecule has 3 nitrogen and oxygen atoms in total. The molecule has 0 unspecified atom stereocenters. The highest BCUT2D eigenvalue weighted by Crippen LogP contribution is 2.30. The number of benzene rings is 1. The maximum Gasteiger partial charge on any atom is 0.123 e. The van der Waals surface area contributed by atoms with E-state index in [4.69, 9.17) is 4.74 Å². The first-order valence-electron chi connectivity index (χ1n) is 6.47. The first-order valence-corrected chi connectivity index (χ1v) is 7.29. The van der Waals surface area contributed by atoms with Gasteiger partial charge in [0.15, 0.2) is 0 Å². The van der Waals surface area contributed by atoms with E-state index in [0.29, 0.717) is 0 Å². The van der Waals surface area contributed by atoms with Gasteiger partial charge in [0, 0.05) is 17.0 Å². The van der Waals surface area contributed by atoms with Gasteiger partial charge in [-0.1, -0.05) is 6.92 Å².